The van der Waals surface area contributed by atoms with Gasteiger partial charge in [-0.1, -0.05) is 20.8 Å². The lowest BCUT2D eigenvalue weighted by atomic mass is 9.84. The Labute approximate surface area is 119 Å². The number of benzene rings is 1. The van der Waals surface area contributed by atoms with Crippen LogP contribution in [0.1, 0.15) is 43.2 Å². The van der Waals surface area contributed by atoms with Crippen LogP contribution in [0.5, 0.6) is 5.75 Å². The van der Waals surface area contributed by atoms with E-state index in [0.717, 1.165) is 22.6 Å². The van der Waals surface area contributed by atoms with Gasteiger partial charge in [0.15, 0.2) is 0 Å². The van der Waals surface area contributed by atoms with Gasteiger partial charge in [-0.3, -0.25) is 5.10 Å². The number of nitriles is 1. The molecule has 0 amide bonds. The van der Waals surface area contributed by atoms with Gasteiger partial charge in [-0.25, -0.2) is 0 Å². The molecule has 1 heterocycles. The van der Waals surface area contributed by atoms with Crippen molar-refractivity contribution in [2.24, 2.45) is 0 Å². The molecule has 20 heavy (non-hydrogen) atoms. The van der Waals surface area contributed by atoms with Crippen molar-refractivity contribution in [3.8, 4) is 11.8 Å². The maximum absolute atomic E-state index is 9.18. The molecule has 0 radical (unpaired) electrons. The number of nitrogens with zero attached hydrogens (tertiary/aromatic N) is 2. The zero-order chi connectivity index (χ0) is 14.8. The monoisotopic (exact) mass is 269 g/mol. The highest BCUT2D eigenvalue weighted by molar-refractivity contribution is 5.50. The molecule has 0 aliphatic rings. The zero-order valence-electron chi connectivity index (χ0n) is 12.3. The smallest absolute Gasteiger partial charge is 0.130 e. The van der Waals surface area contributed by atoms with Gasteiger partial charge in [0, 0.05) is 11.8 Å². The molecule has 0 spiro atoms. The summed E-state index contributed by atoms with van der Waals surface area (Å²) in [6.45, 7) is 8.70. The molecule has 1 aromatic heterocycles. The van der Waals surface area contributed by atoms with Gasteiger partial charge in [-0.2, -0.15) is 10.4 Å². The van der Waals surface area contributed by atoms with Crippen molar-refractivity contribution < 1.29 is 4.74 Å². The van der Waals surface area contributed by atoms with E-state index in [2.05, 4.69) is 37.0 Å². The fraction of sp³-hybridized carbons (Fsp3) is 0.375. The van der Waals surface area contributed by atoms with Crippen LogP contribution in [0, 0.1) is 18.3 Å². The summed E-state index contributed by atoms with van der Waals surface area (Å²) in [6.07, 6.45) is 1.70. The van der Waals surface area contributed by atoms with Crippen molar-refractivity contribution in [1.29, 1.82) is 5.26 Å². The second-order valence-corrected chi connectivity index (χ2v) is 5.90. The van der Waals surface area contributed by atoms with E-state index in [1.807, 2.05) is 25.1 Å². The normalized spacial score (nSPS) is 11.2. The number of aryl methyl sites for hydroxylation is 1. The molecule has 0 unspecified atom stereocenters. The van der Waals surface area contributed by atoms with Crippen LogP contribution in [0.4, 0.5) is 0 Å². The van der Waals surface area contributed by atoms with E-state index in [1.54, 1.807) is 6.20 Å². The molecular formula is C16H19N3O. The van der Waals surface area contributed by atoms with Crippen LogP contribution in [0.3, 0.4) is 0 Å². The largest absolute Gasteiger partial charge is 0.487 e. The van der Waals surface area contributed by atoms with E-state index in [1.165, 1.54) is 0 Å². The molecule has 104 valence electrons. The summed E-state index contributed by atoms with van der Waals surface area (Å²) in [5, 5.41) is 16.0. The highest BCUT2D eigenvalue weighted by Gasteiger charge is 2.21. The number of H-pyrrole nitrogens is 1. The van der Waals surface area contributed by atoms with Crippen LogP contribution in [-0.4, -0.2) is 10.2 Å². The highest BCUT2D eigenvalue weighted by Crippen LogP contribution is 2.34. The molecule has 0 bridgehead atoms. The van der Waals surface area contributed by atoms with E-state index in [9.17, 15) is 5.26 Å². The van der Waals surface area contributed by atoms with Crippen LogP contribution in [0.2, 0.25) is 0 Å². The van der Waals surface area contributed by atoms with E-state index >= 15 is 0 Å². The summed E-state index contributed by atoms with van der Waals surface area (Å²) in [7, 11) is 0. The van der Waals surface area contributed by atoms with Crippen LogP contribution in [0.15, 0.2) is 24.4 Å². The Hall–Kier alpha value is -2.28. The van der Waals surface area contributed by atoms with Crippen molar-refractivity contribution in [2.45, 2.75) is 39.7 Å². The van der Waals surface area contributed by atoms with Crippen LogP contribution in [0.25, 0.3) is 0 Å². The fourth-order valence-corrected chi connectivity index (χ4v) is 2.03. The third-order valence-corrected chi connectivity index (χ3v) is 3.20. The SMILES string of the molecule is Cc1cc(OCc2ccn[nH]2)c(C(C)(C)C)cc1C#N. The van der Waals surface area contributed by atoms with E-state index in [-0.39, 0.29) is 5.41 Å². The van der Waals surface area contributed by atoms with Crippen LogP contribution >= 0.6 is 0 Å². The summed E-state index contributed by atoms with van der Waals surface area (Å²) in [6, 6.07) is 7.98. The maximum atomic E-state index is 9.18. The molecule has 0 saturated carbocycles. The van der Waals surface area contributed by atoms with Gasteiger partial charge in [0.2, 0.25) is 0 Å². The molecule has 1 aromatic carbocycles. The van der Waals surface area contributed by atoms with E-state index in [0.29, 0.717) is 12.2 Å². The number of aromatic nitrogens is 2. The molecule has 2 aromatic rings. The van der Waals surface area contributed by atoms with Crippen molar-refractivity contribution in [3.63, 3.8) is 0 Å². The first-order valence-electron chi connectivity index (χ1n) is 6.58. The zero-order valence-corrected chi connectivity index (χ0v) is 12.3. The number of ether oxygens (including phenoxy) is 1. The van der Waals surface area contributed by atoms with Crippen LogP contribution < -0.4 is 4.74 Å². The quantitative estimate of drug-likeness (QED) is 0.928. The van der Waals surface area contributed by atoms with Gasteiger partial charge in [-0.15, -0.1) is 0 Å². The minimum Gasteiger partial charge on any atom is -0.487 e. The first kappa shape index (κ1) is 14.1. The number of hydrogen-bond donors (Lipinski definition) is 1. The second kappa shape index (κ2) is 5.38. The molecular weight excluding hydrogens is 250 g/mol. The Balaban J connectivity index is 2.35. The first-order valence-corrected chi connectivity index (χ1v) is 6.58. The van der Waals surface area contributed by atoms with E-state index in [4.69, 9.17) is 4.74 Å². The first-order chi connectivity index (χ1) is 9.41. The molecule has 2 rings (SSSR count). The maximum Gasteiger partial charge on any atom is 0.130 e. The van der Waals surface area contributed by atoms with Gasteiger partial charge in [-0.05, 0) is 36.1 Å². The third kappa shape index (κ3) is 3.00. The summed E-state index contributed by atoms with van der Waals surface area (Å²) in [5.74, 6) is 0.823. The molecule has 4 nitrogen and oxygen atoms in total. The standard InChI is InChI=1S/C16H19N3O/c1-11-7-15(20-10-13-5-6-18-19-13)14(16(2,3)4)8-12(11)9-17/h5-8H,10H2,1-4H3,(H,18,19). The number of aromatic amines is 1. The summed E-state index contributed by atoms with van der Waals surface area (Å²) >= 11 is 0. The van der Waals surface area contributed by atoms with Gasteiger partial charge in [0.25, 0.3) is 0 Å². The third-order valence-electron chi connectivity index (χ3n) is 3.20. The molecule has 1 N–H and O–H groups in total. The molecule has 0 aliphatic heterocycles. The summed E-state index contributed by atoms with van der Waals surface area (Å²) in [4.78, 5) is 0. The van der Waals surface area contributed by atoms with Gasteiger partial charge < -0.3 is 4.74 Å². The molecule has 4 heteroatoms. The second-order valence-electron chi connectivity index (χ2n) is 5.90. The highest BCUT2D eigenvalue weighted by atomic mass is 16.5. The molecule has 0 fully saturated rings. The minimum absolute atomic E-state index is 0.0807. The summed E-state index contributed by atoms with van der Waals surface area (Å²) in [5.41, 5.74) is 3.51. The Morgan fingerprint density at radius 3 is 2.65 bits per heavy atom. The lowest BCUT2D eigenvalue weighted by molar-refractivity contribution is 0.292. The Morgan fingerprint density at radius 2 is 2.10 bits per heavy atom. The van der Waals surface area contributed by atoms with Crippen molar-refractivity contribution in [1.82, 2.24) is 10.2 Å². The fourth-order valence-electron chi connectivity index (χ4n) is 2.03. The molecule has 0 atom stereocenters. The van der Waals surface area contributed by atoms with Gasteiger partial charge in [0.05, 0.1) is 17.3 Å². The Bertz CT molecular complexity index is 631. The van der Waals surface area contributed by atoms with Gasteiger partial charge >= 0.3 is 0 Å². The predicted octanol–water partition coefficient (Wildman–Crippen LogP) is 3.47. The topological polar surface area (TPSA) is 61.7 Å². The van der Waals surface area contributed by atoms with Gasteiger partial charge in [0.1, 0.15) is 12.4 Å². The van der Waals surface area contributed by atoms with Crippen molar-refractivity contribution >= 4 is 0 Å². The average Bonchev–Trinajstić information content (AvgIpc) is 2.88. The average molecular weight is 269 g/mol. The summed E-state index contributed by atoms with van der Waals surface area (Å²) < 4.78 is 5.91. The lowest BCUT2D eigenvalue weighted by Crippen LogP contribution is -2.14. The van der Waals surface area contributed by atoms with Crippen LogP contribution in [-0.2, 0) is 12.0 Å². The van der Waals surface area contributed by atoms with Crippen molar-refractivity contribution in [3.05, 3.63) is 46.8 Å². The van der Waals surface area contributed by atoms with Crippen molar-refractivity contribution in [2.75, 3.05) is 0 Å². The number of rotatable bonds is 3. The molecule has 0 saturated heterocycles. The number of nitrogens with one attached hydrogen (secondary N) is 1. The Kier molecular flexibility index (Phi) is 3.80. The Morgan fingerprint density at radius 1 is 1.35 bits per heavy atom. The number of hydrogen-bond acceptors (Lipinski definition) is 3. The lowest BCUT2D eigenvalue weighted by Gasteiger charge is -2.23. The molecule has 0 aliphatic carbocycles. The minimum atomic E-state index is -0.0807. The van der Waals surface area contributed by atoms with E-state index < -0.39 is 0 Å². The predicted molar refractivity (Wildman–Crippen MR) is 77.5 cm³/mol.